The number of carbonyl (C=O) groups excluding carboxylic acids is 1. The lowest BCUT2D eigenvalue weighted by atomic mass is 9.78. The lowest BCUT2D eigenvalue weighted by molar-refractivity contribution is -0.0662. The Balaban J connectivity index is 1.61. The molecule has 1 spiro atoms. The van der Waals surface area contributed by atoms with E-state index in [4.69, 9.17) is 9.47 Å². The molecule has 1 amide bonds. The summed E-state index contributed by atoms with van der Waals surface area (Å²) in [4.78, 5) is 18.7. The van der Waals surface area contributed by atoms with Crippen LogP contribution in [0.2, 0.25) is 0 Å². The van der Waals surface area contributed by atoms with Gasteiger partial charge < -0.3 is 14.4 Å². The largest absolute Gasteiger partial charge is 0.385 e. The van der Waals surface area contributed by atoms with Crippen molar-refractivity contribution in [3.05, 3.63) is 29.6 Å². The molecule has 5 heteroatoms. The van der Waals surface area contributed by atoms with Crippen molar-refractivity contribution in [2.45, 2.75) is 38.2 Å². The molecule has 5 nitrogen and oxygen atoms in total. The maximum Gasteiger partial charge on any atom is 0.272 e. The summed E-state index contributed by atoms with van der Waals surface area (Å²) in [7, 11) is 1.75. The molecule has 0 unspecified atom stereocenters. The topological polar surface area (TPSA) is 51.7 Å². The lowest BCUT2D eigenvalue weighted by Gasteiger charge is -2.42. The van der Waals surface area contributed by atoms with E-state index in [9.17, 15) is 4.79 Å². The van der Waals surface area contributed by atoms with Crippen LogP contribution in [0.5, 0.6) is 0 Å². The van der Waals surface area contributed by atoms with E-state index in [1.807, 2.05) is 24.0 Å². The average Bonchev–Trinajstić information content (AvgIpc) is 2.96. The summed E-state index contributed by atoms with van der Waals surface area (Å²) in [5.74, 6) is 0.587. The summed E-state index contributed by atoms with van der Waals surface area (Å²) in [6, 6.07) is 3.75. The molecule has 0 bridgehead atoms. The molecule has 23 heavy (non-hydrogen) atoms. The molecule has 2 aliphatic heterocycles. The van der Waals surface area contributed by atoms with Crippen LogP contribution < -0.4 is 0 Å². The van der Waals surface area contributed by atoms with E-state index in [1.165, 1.54) is 0 Å². The van der Waals surface area contributed by atoms with E-state index in [0.29, 0.717) is 11.6 Å². The van der Waals surface area contributed by atoms with Gasteiger partial charge in [-0.2, -0.15) is 0 Å². The van der Waals surface area contributed by atoms with E-state index in [2.05, 4.69) is 4.98 Å². The number of pyridine rings is 1. The number of piperidine rings is 1. The molecule has 0 saturated carbocycles. The number of ether oxygens (including phenoxy) is 2. The van der Waals surface area contributed by atoms with Crippen LogP contribution >= 0.6 is 0 Å². The minimum atomic E-state index is -0.0456. The van der Waals surface area contributed by atoms with E-state index in [1.54, 1.807) is 13.3 Å². The third-order valence-corrected chi connectivity index (χ3v) is 5.30. The molecule has 3 heterocycles. The molecular weight excluding hydrogens is 292 g/mol. The summed E-state index contributed by atoms with van der Waals surface area (Å²) in [5, 5.41) is 0. The highest BCUT2D eigenvalue weighted by atomic mass is 16.5. The van der Waals surface area contributed by atoms with Crippen molar-refractivity contribution in [1.82, 2.24) is 9.88 Å². The van der Waals surface area contributed by atoms with Crippen molar-refractivity contribution in [1.29, 1.82) is 0 Å². The number of hydrogen-bond acceptors (Lipinski definition) is 4. The molecule has 0 aliphatic carbocycles. The highest BCUT2D eigenvalue weighted by molar-refractivity contribution is 5.92. The highest BCUT2D eigenvalue weighted by Crippen LogP contribution is 2.42. The molecule has 126 valence electrons. The fourth-order valence-electron chi connectivity index (χ4n) is 3.85. The van der Waals surface area contributed by atoms with Gasteiger partial charge in [-0.05, 0) is 50.2 Å². The van der Waals surface area contributed by atoms with Crippen molar-refractivity contribution in [3.8, 4) is 0 Å². The first-order valence-electron chi connectivity index (χ1n) is 8.49. The quantitative estimate of drug-likeness (QED) is 0.855. The van der Waals surface area contributed by atoms with Gasteiger partial charge in [-0.25, -0.2) is 0 Å². The van der Waals surface area contributed by atoms with Crippen LogP contribution in [-0.2, 0) is 9.47 Å². The number of amides is 1. The number of methoxy groups -OCH3 is 1. The third kappa shape index (κ3) is 3.40. The van der Waals surface area contributed by atoms with Gasteiger partial charge in [0.25, 0.3) is 5.91 Å². The van der Waals surface area contributed by atoms with E-state index >= 15 is 0 Å². The van der Waals surface area contributed by atoms with Crippen LogP contribution in [0.1, 0.15) is 41.7 Å². The second-order valence-electron chi connectivity index (χ2n) is 6.69. The zero-order valence-electron chi connectivity index (χ0n) is 14.1. The average molecular weight is 318 g/mol. The predicted octanol–water partition coefficient (Wildman–Crippen LogP) is 2.44. The smallest absolute Gasteiger partial charge is 0.272 e. The van der Waals surface area contributed by atoms with Gasteiger partial charge in [-0.1, -0.05) is 6.07 Å². The molecule has 3 rings (SSSR count). The van der Waals surface area contributed by atoms with Crippen LogP contribution in [-0.4, -0.2) is 54.8 Å². The zero-order chi connectivity index (χ0) is 16.3. The Morgan fingerprint density at radius 2 is 2.22 bits per heavy atom. The zero-order valence-corrected chi connectivity index (χ0v) is 14.1. The summed E-state index contributed by atoms with van der Waals surface area (Å²) in [5.41, 5.74) is 1.56. The van der Waals surface area contributed by atoms with Gasteiger partial charge in [0.1, 0.15) is 5.69 Å². The van der Waals surface area contributed by atoms with Gasteiger partial charge in [0, 0.05) is 39.6 Å². The second kappa shape index (κ2) is 6.97. The number of nitrogens with zero attached hydrogens (tertiary/aromatic N) is 2. The maximum absolute atomic E-state index is 12.6. The first kappa shape index (κ1) is 16.4. The number of aryl methyl sites for hydroxylation is 1. The molecule has 1 atom stereocenters. The Bertz CT molecular complexity index is 536. The van der Waals surface area contributed by atoms with Gasteiger partial charge in [0.05, 0.1) is 5.60 Å². The molecule has 1 aromatic rings. The van der Waals surface area contributed by atoms with Crippen molar-refractivity contribution in [2.24, 2.45) is 5.92 Å². The maximum atomic E-state index is 12.6. The predicted molar refractivity (Wildman–Crippen MR) is 87.4 cm³/mol. The normalized spacial score (nSPS) is 23.4. The Labute approximate surface area is 138 Å². The minimum absolute atomic E-state index is 0.0336. The number of rotatable bonds is 4. The summed E-state index contributed by atoms with van der Waals surface area (Å²) in [6.07, 6.45) is 5.73. The molecule has 1 aromatic heterocycles. The van der Waals surface area contributed by atoms with Crippen LogP contribution in [0.25, 0.3) is 0 Å². The lowest BCUT2D eigenvalue weighted by Crippen LogP contribution is -2.49. The third-order valence-electron chi connectivity index (χ3n) is 5.30. The molecule has 0 N–H and O–H groups in total. The number of hydrogen-bond donors (Lipinski definition) is 0. The Morgan fingerprint density at radius 3 is 2.87 bits per heavy atom. The van der Waals surface area contributed by atoms with Crippen molar-refractivity contribution in [3.63, 3.8) is 0 Å². The molecule has 0 radical (unpaired) electrons. The standard InChI is InChI=1S/C18H26N2O3/c1-14-3-4-16(19-13-14)17(21)20-9-7-18(8-10-20)15(5-11-22-2)6-12-23-18/h3-4,13,15H,5-12H2,1-2H3/t15-/m1/s1. The van der Waals surface area contributed by atoms with Gasteiger partial charge >= 0.3 is 0 Å². The van der Waals surface area contributed by atoms with E-state index in [0.717, 1.165) is 57.6 Å². The van der Waals surface area contributed by atoms with Gasteiger partial charge in [0.2, 0.25) is 0 Å². The Morgan fingerprint density at radius 1 is 1.43 bits per heavy atom. The summed E-state index contributed by atoms with van der Waals surface area (Å²) in [6.45, 7) is 5.09. The van der Waals surface area contributed by atoms with Crippen molar-refractivity contribution in [2.75, 3.05) is 33.4 Å². The summed E-state index contributed by atoms with van der Waals surface area (Å²) >= 11 is 0. The van der Waals surface area contributed by atoms with E-state index in [-0.39, 0.29) is 11.5 Å². The van der Waals surface area contributed by atoms with Crippen LogP contribution in [0.15, 0.2) is 18.3 Å². The Hall–Kier alpha value is -1.46. The van der Waals surface area contributed by atoms with Crippen molar-refractivity contribution < 1.29 is 14.3 Å². The highest BCUT2D eigenvalue weighted by Gasteiger charge is 2.46. The monoisotopic (exact) mass is 318 g/mol. The summed E-state index contributed by atoms with van der Waals surface area (Å²) < 4.78 is 11.4. The molecular formula is C18H26N2O3. The Kier molecular flexibility index (Phi) is 4.97. The van der Waals surface area contributed by atoms with Crippen LogP contribution in [0, 0.1) is 12.8 Å². The fraction of sp³-hybridized carbons (Fsp3) is 0.667. The molecule has 2 fully saturated rings. The van der Waals surface area contributed by atoms with Crippen molar-refractivity contribution >= 4 is 5.91 Å². The van der Waals surface area contributed by atoms with Gasteiger partial charge in [-0.3, -0.25) is 9.78 Å². The fourth-order valence-corrected chi connectivity index (χ4v) is 3.85. The van der Waals surface area contributed by atoms with Crippen LogP contribution in [0.4, 0.5) is 0 Å². The van der Waals surface area contributed by atoms with Gasteiger partial charge in [-0.15, -0.1) is 0 Å². The van der Waals surface area contributed by atoms with Crippen LogP contribution in [0.3, 0.4) is 0 Å². The SMILES string of the molecule is COCC[C@@H]1CCOC12CCN(C(=O)c1ccc(C)cn1)CC2. The number of carbonyl (C=O) groups is 1. The number of likely N-dealkylation sites (tertiary alicyclic amines) is 1. The first-order chi connectivity index (χ1) is 11.1. The molecule has 0 aromatic carbocycles. The molecule has 2 aliphatic rings. The first-order valence-corrected chi connectivity index (χ1v) is 8.49. The second-order valence-corrected chi connectivity index (χ2v) is 6.69. The number of aromatic nitrogens is 1. The minimum Gasteiger partial charge on any atom is -0.385 e. The van der Waals surface area contributed by atoms with E-state index < -0.39 is 0 Å². The molecule has 2 saturated heterocycles. The van der Waals surface area contributed by atoms with Gasteiger partial charge in [0.15, 0.2) is 0 Å².